The molecule has 0 fully saturated rings. The summed E-state index contributed by atoms with van der Waals surface area (Å²) in [6.07, 6.45) is 2.63. The Hall–Kier alpha value is -1.00. The van der Waals surface area contributed by atoms with Crippen LogP contribution in [0.5, 0.6) is 0 Å². The number of nitrogens with zero attached hydrogens (tertiary/aromatic N) is 1. The number of carbonyl (C=O) groups is 1. The van der Waals surface area contributed by atoms with Gasteiger partial charge in [0.05, 0.1) is 6.04 Å². The maximum Gasteiger partial charge on any atom is 0.239 e. The minimum absolute atomic E-state index is 0.0334. The summed E-state index contributed by atoms with van der Waals surface area (Å²) in [5, 5.41) is 0. The number of hydrogen-bond donors (Lipinski definition) is 1. The van der Waals surface area contributed by atoms with Crippen molar-refractivity contribution in [3.05, 3.63) is 29.8 Å². The topological polar surface area (TPSA) is 46.3 Å². The molecule has 0 spiro atoms. The summed E-state index contributed by atoms with van der Waals surface area (Å²) in [4.78, 5) is 14.3. The molecule has 4 heteroatoms. The molecule has 0 saturated carbocycles. The van der Waals surface area contributed by atoms with Gasteiger partial charge in [-0.05, 0) is 30.4 Å². The van der Waals surface area contributed by atoms with Gasteiger partial charge in [-0.3, -0.25) is 4.79 Å². The van der Waals surface area contributed by atoms with Gasteiger partial charge in [0.1, 0.15) is 0 Å². The van der Waals surface area contributed by atoms with Gasteiger partial charge in [-0.1, -0.05) is 12.1 Å². The van der Waals surface area contributed by atoms with E-state index in [0.29, 0.717) is 6.42 Å². The Morgan fingerprint density at radius 1 is 1.38 bits per heavy atom. The van der Waals surface area contributed by atoms with Crippen molar-refractivity contribution in [3.8, 4) is 0 Å². The molecule has 0 aliphatic carbocycles. The summed E-state index contributed by atoms with van der Waals surface area (Å²) in [5.74, 6) is -0.0334. The van der Waals surface area contributed by atoms with Gasteiger partial charge in [0.25, 0.3) is 0 Å². The Morgan fingerprint density at radius 3 is 2.38 bits per heavy atom. The van der Waals surface area contributed by atoms with Crippen LogP contribution in [0.15, 0.2) is 29.2 Å². The van der Waals surface area contributed by atoms with Gasteiger partial charge in [0.2, 0.25) is 5.91 Å². The quantitative estimate of drug-likeness (QED) is 0.806. The highest BCUT2D eigenvalue weighted by Gasteiger charge is 2.15. The summed E-state index contributed by atoms with van der Waals surface area (Å²) >= 11 is 1.70. The van der Waals surface area contributed by atoms with Crippen molar-refractivity contribution in [2.75, 3.05) is 20.4 Å². The molecule has 16 heavy (non-hydrogen) atoms. The molecule has 3 nitrogen and oxygen atoms in total. The zero-order chi connectivity index (χ0) is 12.1. The number of rotatable bonds is 4. The number of carbonyl (C=O) groups excluding carboxylic acids is 1. The molecule has 1 unspecified atom stereocenters. The predicted molar refractivity (Wildman–Crippen MR) is 68.6 cm³/mol. The Labute approximate surface area is 101 Å². The van der Waals surface area contributed by atoms with E-state index in [1.165, 1.54) is 9.80 Å². The van der Waals surface area contributed by atoms with Gasteiger partial charge in [0.15, 0.2) is 0 Å². The molecule has 2 N–H and O–H groups in total. The summed E-state index contributed by atoms with van der Waals surface area (Å²) in [7, 11) is 3.44. The third kappa shape index (κ3) is 3.54. The molecule has 0 aromatic heterocycles. The van der Waals surface area contributed by atoms with Crippen molar-refractivity contribution in [1.82, 2.24) is 4.90 Å². The number of nitrogens with two attached hydrogens (primary N) is 1. The highest BCUT2D eigenvalue weighted by atomic mass is 32.2. The second kappa shape index (κ2) is 5.92. The van der Waals surface area contributed by atoms with E-state index in [-0.39, 0.29) is 5.91 Å². The normalized spacial score (nSPS) is 12.2. The molecule has 0 bridgehead atoms. The van der Waals surface area contributed by atoms with Crippen LogP contribution >= 0.6 is 11.8 Å². The SMILES string of the molecule is CSc1ccc(CC(N)C(=O)N(C)C)cc1. The van der Waals surface area contributed by atoms with Crippen molar-refractivity contribution < 1.29 is 4.79 Å². The fourth-order valence-corrected chi connectivity index (χ4v) is 1.84. The zero-order valence-corrected chi connectivity index (χ0v) is 10.8. The molecule has 0 saturated heterocycles. The first-order valence-electron chi connectivity index (χ1n) is 5.14. The molecule has 1 amide bonds. The molecule has 1 atom stereocenters. The molecule has 0 aliphatic rings. The Kier molecular flexibility index (Phi) is 4.83. The van der Waals surface area contributed by atoms with E-state index < -0.39 is 6.04 Å². The molecule has 1 rings (SSSR count). The van der Waals surface area contributed by atoms with E-state index in [4.69, 9.17) is 5.73 Å². The molecular formula is C12H18N2OS. The maximum absolute atomic E-state index is 11.6. The van der Waals surface area contributed by atoms with Crippen LogP contribution in [0.3, 0.4) is 0 Å². The lowest BCUT2D eigenvalue weighted by atomic mass is 10.1. The Bertz CT molecular complexity index is 349. The molecule has 0 heterocycles. The molecule has 88 valence electrons. The molecule has 1 aromatic rings. The van der Waals surface area contributed by atoms with E-state index in [9.17, 15) is 4.79 Å². The first-order chi connectivity index (χ1) is 7.54. The van der Waals surface area contributed by atoms with E-state index in [0.717, 1.165) is 5.56 Å². The van der Waals surface area contributed by atoms with Gasteiger partial charge in [-0.25, -0.2) is 0 Å². The minimum Gasteiger partial charge on any atom is -0.347 e. The van der Waals surface area contributed by atoms with Gasteiger partial charge >= 0.3 is 0 Å². The van der Waals surface area contributed by atoms with Gasteiger partial charge < -0.3 is 10.6 Å². The highest BCUT2D eigenvalue weighted by Crippen LogP contribution is 2.15. The number of amides is 1. The number of likely N-dealkylation sites (N-methyl/N-ethyl adjacent to an activating group) is 1. The van der Waals surface area contributed by atoms with Gasteiger partial charge in [-0.15, -0.1) is 11.8 Å². The summed E-state index contributed by atoms with van der Waals surface area (Å²) in [5.41, 5.74) is 6.92. The maximum atomic E-state index is 11.6. The second-order valence-corrected chi connectivity index (χ2v) is 4.77. The smallest absolute Gasteiger partial charge is 0.239 e. The predicted octanol–water partition coefficient (Wildman–Crippen LogP) is 1.37. The molecular weight excluding hydrogens is 220 g/mol. The van der Waals surface area contributed by atoms with Crippen LogP contribution in [0.4, 0.5) is 0 Å². The van der Waals surface area contributed by atoms with Crippen LogP contribution in [0, 0.1) is 0 Å². The van der Waals surface area contributed by atoms with Crippen LogP contribution in [0.1, 0.15) is 5.56 Å². The number of hydrogen-bond acceptors (Lipinski definition) is 3. The average Bonchev–Trinajstić information content (AvgIpc) is 2.28. The van der Waals surface area contributed by atoms with Crippen LogP contribution in [-0.4, -0.2) is 37.2 Å². The monoisotopic (exact) mass is 238 g/mol. The van der Waals surface area contributed by atoms with Crippen molar-refractivity contribution in [3.63, 3.8) is 0 Å². The lowest BCUT2D eigenvalue weighted by Crippen LogP contribution is -2.41. The summed E-state index contributed by atoms with van der Waals surface area (Å²) < 4.78 is 0. The van der Waals surface area contributed by atoms with E-state index in [2.05, 4.69) is 0 Å². The van der Waals surface area contributed by atoms with Crippen molar-refractivity contribution in [2.45, 2.75) is 17.4 Å². The van der Waals surface area contributed by atoms with Crippen LogP contribution in [0.2, 0.25) is 0 Å². The lowest BCUT2D eigenvalue weighted by Gasteiger charge is -2.16. The fraction of sp³-hybridized carbons (Fsp3) is 0.417. The van der Waals surface area contributed by atoms with Crippen LogP contribution in [0.25, 0.3) is 0 Å². The standard InChI is InChI=1S/C12H18N2OS/c1-14(2)12(15)11(13)8-9-4-6-10(16-3)7-5-9/h4-7,11H,8,13H2,1-3H3. The van der Waals surface area contributed by atoms with Gasteiger partial charge in [-0.2, -0.15) is 0 Å². The van der Waals surface area contributed by atoms with Crippen molar-refractivity contribution in [1.29, 1.82) is 0 Å². The second-order valence-electron chi connectivity index (χ2n) is 3.89. The van der Waals surface area contributed by atoms with Crippen LogP contribution in [-0.2, 0) is 11.2 Å². The van der Waals surface area contributed by atoms with E-state index in [1.54, 1.807) is 25.9 Å². The molecule has 1 aromatic carbocycles. The lowest BCUT2D eigenvalue weighted by molar-refractivity contribution is -0.130. The average molecular weight is 238 g/mol. The molecule has 0 radical (unpaired) electrons. The van der Waals surface area contributed by atoms with Gasteiger partial charge in [0, 0.05) is 19.0 Å². The summed E-state index contributed by atoms with van der Waals surface area (Å²) in [6, 6.07) is 7.69. The van der Waals surface area contributed by atoms with Crippen molar-refractivity contribution in [2.24, 2.45) is 5.73 Å². The first-order valence-corrected chi connectivity index (χ1v) is 6.36. The number of benzene rings is 1. The van der Waals surface area contributed by atoms with Crippen molar-refractivity contribution >= 4 is 17.7 Å². The first kappa shape index (κ1) is 13.1. The zero-order valence-electron chi connectivity index (χ0n) is 9.93. The Morgan fingerprint density at radius 2 is 1.94 bits per heavy atom. The Balaban J connectivity index is 2.62. The third-order valence-electron chi connectivity index (χ3n) is 2.37. The largest absolute Gasteiger partial charge is 0.347 e. The fourth-order valence-electron chi connectivity index (χ4n) is 1.43. The third-order valence-corrected chi connectivity index (χ3v) is 3.12. The van der Waals surface area contributed by atoms with E-state index >= 15 is 0 Å². The van der Waals surface area contributed by atoms with Crippen LogP contribution < -0.4 is 5.73 Å². The highest BCUT2D eigenvalue weighted by molar-refractivity contribution is 7.98. The minimum atomic E-state index is -0.449. The molecule has 0 aliphatic heterocycles. The number of thioether (sulfide) groups is 1. The summed E-state index contributed by atoms with van der Waals surface area (Å²) in [6.45, 7) is 0. The van der Waals surface area contributed by atoms with E-state index in [1.807, 2.05) is 30.5 Å².